The van der Waals surface area contributed by atoms with Gasteiger partial charge in [-0.05, 0) is 41.8 Å². The van der Waals surface area contributed by atoms with Crippen LogP contribution in [0.4, 0.5) is 0 Å². The van der Waals surface area contributed by atoms with Crippen molar-refractivity contribution in [2.75, 3.05) is 7.11 Å². The maximum Gasteiger partial charge on any atom is 0.119 e. The number of aryl methyl sites for hydroxylation is 1. The van der Waals surface area contributed by atoms with E-state index in [0.717, 1.165) is 22.4 Å². The van der Waals surface area contributed by atoms with Gasteiger partial charge in [-0.25, -0.2) is 5.43 Å². The summed E-state index contributed by atoms with van der Waals surface area (Å²) in [5.41, 5.74) is 6.12. The molecule has 2 aromatic rings. The van der Waals surface area contributed by atoms with Crippen LogP contribution in [0.2, 0.25) is 0 Å². The van der Waals surface area contributed by atoms with Crippen LogP contribution in [-0.2, 0) is 0 Å². The van der Waals surface area contributed by atoms with Crippen LogP contribution in [-0.4, -0.2) is 12.1 Å². The molecular formula is C14H17N3O. The molecule has 2 rings (SSSR count). The normalized spacial score (nSPS) is 12.2. The SMILES string of the molecule is COc1cccc(C(NN)c2ccncc2C)c1. The van der Waals surface area contributed by atoms with Crippen molar-refractivity contribution in [3.63, 3.8) is 0 Å². The van der Waals surface area contributed by atoms with Gasteiger partial charge in [0.1, 0.15) is 5.75 Å². The van der Waals surface area contributed by atoms with Crippen molar-refractivity contribution in [2.45, 2.75) is 13.0 Å². The molecule has 0 radical (unpaired) electrons. The van der Waals surface area contributed by atoms with Gasteiger partial charge in [-0.3, -0.25) is 10.8 Å². The second-order valence-corrected chi connectivity index (χ2v) is 4.11. The maximum atomic E-state index is 5.69. The van der Waals surface area contributed by atoms with Gasteiger partial charge in [-0.1, -0.05) is 12.1 Å². The van der Waals surface area contributed by atoms with Crippen molar-refractivity contribution >= 4 is 0 Å². The molecule has 0 saturated heterocycles. The van der Waals surface area contributed by atoms with Crippen LogP contribution in [0.3, 0.4) is 0 Å². The number of nitrogens with one attached hydrogen (secondary N) is 1. The first-order valence-corrected chi connectivity index (χ1v) is 5.77. The van der Waals surface area contributed by atoms with Gasteiger partial charge < -0.3 is 4.74 Å². The topological polar surface area (TPSA) is 60.2 Å². The van der Waals surface area contributed by atoms with Gasteiger partial charge in [-0.15, -0.1) is 0 Å². The van der Waals surface area contributed by atoms with E-state index in [0.29, 0.717) is 0 Å². The number of nitrogens with zero attached hydrogens (tertiary/aromatic N) is 1. The van der Waals surface area contributed by atoms with Crippen LogP contribution in [0.25, 0.3) is 0 Å². The Bertz CT molecular complexity index is 528. The Hall–Kier alpha value is -1.91. The third kappa shape index (κ3) is 2.50. The first-order chi connectivity index (χ1) is 8.76. The minimum absolute atomic E-state index is 0.0666. The van der Waals surface area contributed by atoms with Gasteiger partial charge in [-0.2, -0.15) is 0 Å². The number of benzene rings is 1. The molecule has 1 atom stereocenters. The fraction of sp³-hybridized carbons (Fsp3) is 0.214. The summed E-state index contributed by atoms with van der Waals surface area (Å²) in [5, 5.41) is 0. The molecule has 0 spiro atoms. The molecule has 0 amide bonds. The standard InChI is InChI=1S/C14H17N3O/c1-10-9-16-7-6-13(10)14(17-15)11-4-3-5-12(8-11)18-2/h3-9,14,17H,15H2,1-2H3. The monoisotopic (exact) mass is 243 g/mol. The molecule has 0 bridgehead atoms. The number of aromatic nitrogens is 1. The summed E-state index contributed by atoms with van der Waals surface area (Å²) in [7, 11) is 1.65. The number of nitrogens with two attached hydrogens (primary N) is 1. The van der Waals surface area contributed by atoms with E-state index in [-0.39, 0.29) is 6.04 Å². The highest BCUT2D eigenvalue weighted by molar-refractivity contribution is 5.38. The van der Waals surface area contributed by atoms with E-state index in [9.17, 15) is 0 Å². The van der Waals surface area contributed by atoms with Gasteiger partial charge in [0.2, 0.25) is 0 Å². The van der Waals surface area contributed by atoms with Crippen molar-refractivity contribution in [1.82, 2.24) is 10.4 Å². The predicted molar refractivity (Wildman–Crippen MR) is 71.1 cm³/mol. The van der Waals surface area contributed by atoms with Crippen molar-refractivity contribution in [1.29, 1.82) is 0 Å². The predicted octanol–water partition coefficient (Wildman–Crippen LogP) is 1.95. The van der Waals surface area contributed by atoms with E-state index in [1.807, 2.05) is 43.5 Å². The Balaban J connectivity index is 2.42. The van der Waals surface area contributed by atoms with E-state index >= 15 is 0 Å². The van der Waals surface area contributed by atoms with Crippen molar-refractivity contribution < 1.29 is 4.74 Å². The molecular weight excluding hydrogens is 226 g/mol. The summed E-state index contributed by atoms with van der Waals surface area (Å²) in [4.78, 5) is 4.10. The Morgan fingerprint density at radius 2 is 2.17 bits per heavy atom. The zero-order valence-corrected chi connectivity index (χ0v) is 10.6. The van der Waals surface area contributed by atoms with Crippen LogP contribution in [0.5, 0.6) is 5.75 Å². The largest absolute Gasteiger partial charge is 0.497 e. The maximum absolute atomic E-state index is 5.69. The average molecular weight is 243 g/mol. The van der Waals surface area contributed by atoms with E-state index in [1.54, 1.807) is 13.3 Å². The molecule has 1 aromatic heterocycles. The second-order valence-electron chi connectivity index (χ2n) is 4.11. The molecule has 4 nitrogen and oxygen atoms in total. The van der Waals surface area contributed by atoms with Gasteiger partial charge >= 0.3 is 0 Å². The lowest BCUT2D eigenvalue weighted by Gasteiger charge is -2.19. The highest BCUT2D eigenvalue weighted by atomic mass is 16.5. The van der Waals surface area contributed by atoms with Crippen LogP contribution in [0.15, 0.2) is 42.7 Å². The minimum atomic E-state index is -0.0666. The number of rotatable bonds is 4. The van der Waals surface area contributed by atoms with Crippen LogP contribution >= 0.6 is 0 Å². The van der Waals surface area contributed by atoms with Gasteiger partial charge in [0.15, 0.2) is 0 Å². The quantitative estimate of drug-likeness (QED) is 0.636. The van der Waals surface area contributed by atoms with Crippen molar-refractivity contribution in [3.8, 4) is 5.75 Å². The Morgan fingerprint density at radius 3 is 2.83 bits per heavy atom. The minimum Gasteiger partial charge on any atom is -0.497 e. The van der Waals surface area contributed by atoms with Crippen molar-refractivity contribution in [2.24, 2.45) is 5.84 Å². The van der Waals surface area contributed by atoms with Gasteiger partial charge in [0.25, 0.3) is 0 Å². The summed E-state index contributed by atoms with van der Waals surface area (Å²) >= 11 is 0. The first kappa shape index (κ1) is 12.5. The lowest BCUT2D eigenvalue weighted by Crippen LogP contribution is -2.29. The number of pyridine rings is 1. The molecule has 0 fully saturated rings. The number of methoxy groups -OCH3 is 1. The number of hydrazine groups is 1. The highest BCUT2D eigenvalue weighted by Crippen LogP contribution is 2.26. The highest BCUT2D eigenvalue weighted by Gasteiger charge is 2.14. The number of hydrogen-bond acceptors (Lipinski definition) is 4. The van der Waals surface area contributed by atoms with E-state index < -0.39 is 0 Å². The summed E-state index contributed by atoms with van der Waals surface area (Å²) in [5.74, 6) is 6.50. The van der Waals surface area contributed by atoms with E-state index in [4.69, 9.17) is 10.6 Å². The van der Waals surface area contributed by atoms with Crippen LogP contribution < -0.4 is 16.0 Å². The molecule has 1 unspecified atom stereocenters. The second kappa shape index (κ2) is 5.62. The fourth-order valence-corrected chi connectivity index (χ4v) is 1.99. The smallest absolute Gasteiger partial charge is 0.119 e. The molecule has 0 aliphatic carbocycles. The summed E-state index contributed by atoms with van der Waals surface area (Å²) in [6, 6.07) is 9.77. The zero-order valence-electron chi connectivity index (χ0n) is 10.6. The number of hydrogen-bond donors (Lipinski definition) is 2. The fourth-order valence-electron chi connectivity index (χ4n) is 1.99. The molecule has 1 aromatic carbocycles. The molecule has 0 aliphatic rings. The third-order valence-electron chi connectivity index (χ3n) is 2.97. The summed E-state index contributed by atoms with van der Waals surface area (Å²) < 4.78 is 5.23. The molecule has 0 aliphatic heterocycles. The summed E-state index contributed by atoms with van der Waals surface area (Å²) in [6.07, 6.45) is 3.60. The lowest BCUT2D eigenvalue weighted by atomic mass is 9.97. The van der Waals surface area contributed by atoms with E-state index in [1.165, 1.54) is 0 Å². The third-order valence-corrected chi connectivity index (χ3v) is 2.97. The molecule has 0 saturated carbocycles. The molecule has 18 heavy (non-hydrogen) atoms. The number of ether oxygens (including phenoxy) is 1. The Labute approximate surface area is 107 Å². The van der Waals surface area contributed by atoms with Gasteiger partial charge in [0.05, 0.1) is 13.2 Å². The molecule has 1 heterocycles. The Kier molecular flexibility index (Phi) is 3.92. The van der Waals surface area contributed by atoms with E-state index in [2.05, 4.69) is 10.4 Å². The van der Waals surface area contributed by atoms with Crippen LogP contribution in [0.1, 0.15) is 22.7 Å². The van der Waals surface area contributed by atoms with Crippen molar-refractivity contribution in [3.05, 3.63) is 59.4 Å². The van der Waals surface area contributed by atoms with Crippen LogP contribution in [0, 0.1) is 6.92 Å². The Morgan fingerprint density at radius 1 is 1.33 bits per heavy atom. The molecule has 94 valence electrons. The average Bonchev–Trinajstić information content (AvgIpc) is 2.42. The van der Waals surface area contributed by atoms with Gasteiger partial charge in [0, 0.05) is 12.4 Å². The zero-order chi connectivity index (χ0) is 13.0. The molecule has 3 N–H and O–H groups in total. The summed E-state index contributed by atoms with van der Waals surface area (Å²) in [6.45, 7) is 2.02. The molecule has 4 heteroatoms. The first-order valence-electron chi connectivity index (χ1n) is 5.77. The lowest BCUT2D eigenvalue weighted by molar-refractivity contribution is 0.413.